The third kappa shape index (κ3) is 2.52. The van der Waals surface area contributed by atoms with E-state index in [1.807, 2.05) is 0 Å². The van der Waals surface area contributed by atoms with Gasteiger partial charge in [-0.1, -0.05) is 22.0 Å². The summed E-state index contributed by atoms with van der Waals surface area (Å²) < 4.78 is 4.73. The summed E-state index contributed by atoms with van der Waals surface area (Å²) in [6.07, 6.45) is 2.06. The van der Waals surface area contributed by atoms with Crippen LogP contribution in [-0.4, -0.2) is 38.5 Å². The number of hydrogen-bond acceptors (Lipinski definition) is 6. The third-order valence-corrected chi connectivity index (χ3v) is 4.67. The molecule has 2 aliphatic heterocycles. The molecule has 23 heavy (non-hydrogen) atoms. The first-order valence-corrected chi connectivity index (χ1v) is 7.50. The Morgan fingerprint density at radius 2 is 1.91 bits per heavy atom. The van der Waals surface area contributed by atoms with Crippen LogP contribution in [0.2, 0.25) is 0 Å². The number of nitro groups is 1. The van der Waals surface area contributed by atoms with Crippen molar-refractivity contribution in [3.63, 3.8) is 0 Å². The molecule has 8 nitrogen and oxygen atoms in total. The van der Waals surface area contributed by atoms with E-state index < -0.39 is 16.9 Å². The van der Waals surface area contributed by atoms with Crippen LogP contribution in [0.15, 0.2) is 36.0 Å². The van der Waals surface area contributed by atoms with E-state index in [1.54, 1.807) is 6.08 Å². The summed E-state index contributed by atoms with van der Waals surface area (Å²) in [4.78, 5) is 46.5. The number of ether oxygens (including phenoxy) is 1. The summed E-state index contributed by atoms with van der Waals surface area (Å²) in [5, 5.41) is 10.6. The molecule has 1 amide bonds. The molecule has 3 rings (SSSR count). The van der Waals surface area contributed by atoms with E-state index in [2.05, 4.69) is 15.9 Å². The third-order valence-electron chi connectivity index (χ3n) is 3.66. The van der Waals surface area contributed by atoms with Crippen molar-refractivity contribution < 1.29 is 24.0 Å². The molecular weight excluding hydrogens is 372 g/mol. The highest BCUT2D eigenvalue weighted by Crippen LogP contribution is 2.38. The van der Waals surface area contributed by atoms with Gasteiger partial charge in [0.15, 0.2) is 0 Å². The van der Waals surface area contributed by atoms with E-state index in [0.29, 0.717) is 6.42 Å². The predicted octanol–water partition coefficient (Wildman–Crippen LogP) is 1.54. The number of alkyl halides is 1. The molecule has 1 aromatic rings. The first-order valence-electron chi connectivity index (χ1n) is 6.58. The second kappa shape index (κ2) is 5.58. The molecule has 0 bridgehead atoms. The number of nitro benzene ring substituents is 1. The average molecular weight is 381 g/mol. The Balaban J connectivity index is 1.67. The lowest BCUT2D eigenvalue weighted by molar-refractivity contribution is -0.384. The van der Waals surface area contributed by atoms with Gasteiger partial charge in [-0.25, -0.2) is 9.59 Å². The van der Waals surface area contributed by atoms with Crippen LogP contribution in [0.4, 0.5) is 5.69 Å². The van der Waals surface area contributed by atoms with Gasteiger partial charge in [0.25, 0.3) is 5.69 Å². The van der Waals surface area contributed by atoms with Crippen LogP contribution in [0.25, 0.3) is 0 Å². The lowest BCUT2D eigenvalue weighted by Gasteiger charge is -2.40. The summed E-state index contributed by atoms with van der Waals surface area (Å²) in [5.74, 6) is -2.10. The van der Waals surface area contributed by atoms with Gasteiger partial charge in [0.2, 0.25) is 5.91 Å². The van der Waals surface area contributed by atoms with Crippen molar-refractivity contribution in [2.24, 2.45) is 0 Å². The van der Waals surface area contributed by atoms with Crippen molar-refractivity contribution in [2.45, 2.75) is 17.3 Å². The molecule has 2 atom stereocenters. The molecule has 0 unspecified atom stereocenters. The SMILES string of the molecule is O=C(OC(=O)c1ccc([N+](=O)[O-])cc1)C1=CC[C@@H]2[C@@H](Br)C(=O)N12. The van der Waals surface area contributed by atoms with Crippen LogP contribution < -0.4 is 0 Å². The molecule has 1 saturated heterocycles. The maximum atomic E-state index is 12.0. The topological polar surface area (TPSA) is 107 Å². The Kier molecular flexibility index (Phi) is 3.72. The van der Waals surface area contributed by atoms with Crippen molar-refractivity contribution in [3.05, 3.63) is 51.7 Å². The molecular formula is C14H9BrN2O6. The summed E-state index contributed by atoms with van der Waals surface area (Å²) >= 11 is 3.22. The van der Waals surface area contributed by atoms with Gasteiger partial charge in [0.05, 0.1) is 16.5 Å². The quantitative estimate of drug-likeness (QED) is 0.196. The predicted molar refractivity (Wildman–Crippen MR) is 79.6 cm³/mol. The molecule has 0 radical (unpaired) electrons. The van der Waals surface area contributed by atoms with Gasteiger partial charge in [0.1, 0.15) is 10.5 Å². The van der Waals surface area contributed by atoms with Crippen molar-refractivity contribution in [1.82, 2.24) is 4.90 Å². The van der Waals surface area contributed by atoms with Crippen LogP contribution in [-0.2, 0) is 14.3 Å². The number of β-lactam (4-membered cyclic amide) rings is 1. The molecule has 0 aromatic heterocycles. The number of amides is 1. The number of nitrogens with zero attached hydrogens (tertiary/aromatic N) is 2. The highest BCUT2D eigenvalue weighted by Gasteiger charge is 2.51. The fraction of sp³-hybridized carbons (Fsp3) is 0.214. The molecule has 1 aromatic carbocycles. The average Bonchev–Trinajstić information content (AvgIpc) is 2.95. The zero-order chi connectivity index (χ0) is 16.7. The minimum Gasteiger partial charge on any atom is -0.385 e. The normalized spacial score (nSPS) is 22.0. The number of rotatable bonds is 3. The maximum Gasteiger partial charge on any atom is 0.362 e. The Morgan fingerprint density at radius 1 is 1.26 bits per heavy atom. The number of hydrogen-bond donors (Lipinski definition) is 0. The molecule has 118 valence electrons. The summed E-state index contributed by atoms with van der Waals surface area (Å²) in [6, 6.07) is 4.55. The van der Waals surface area contributed by atoms with Gasteiger partial charge in [-0.3, -0.25) is 14.9 Å². The number of carbonyl (C=O) groups excluding carboxylic acids is 3. The number of carbonyl (C=O) groups is 3. The van der Waals surface area contributed by atoms with Crippen molar-refractivity contribution in [3.8, 4) is 0 Å². The minimum absolute atomic E-state index is 0.00685. The van der Waals surface area contributed by atoms with Gasteiger partial charge < -0.3 is 9.64 Å². The van der Waals surface area contributed by atoms with E-state index in [9.17, 15) is 24.5 Å². The van der Waals surface area contributed by atoms with Gasteiger partial charge >= 0.3 is 11.9 Å². The second-order valence-corrected chi connectivity index (χ2v) is 5.97. The monoisotopic (exact) mass is 380 g/mol. The van der Waals surface area contributed by atoms with Crippen molar-refractivity contribution in [2.75, 3.05) is 0 Å². The van der Waals surface area contributed by atoms with Gasteiger partial charge in [-0.05, 0) is 18.6 Å². The Labute approximate surface area is 138 Å². The van der Waals surface area contributed by atoms with Crippen molar-refractivity contribution in [1.29, 1.82) is 0 Å². The Bertz CT molecular complexity index is 757. The molecule has 1 fully saturated rings. The van der Waals surface area contributed by atoms with E-state index in [0.717, 1.165) is 12.1 Å². The summed E-state index contributed by atoms with van der Waals surface area (Å²) in [7, 11) is 0. The molecule has 0 aliphatic carbocycles. The maximum absolute atomic E-state index is 12.0. The second-order valence-electron chi connectivity index (χ2n) is 4.98. The molecule has 0 saturated carbocycles. The Morgan fingerprint density at radius 3 is 2.52 bits per heavy atom. The number of fused-ring (bicyclic) bond motifs is 1. The molecule has 9 heteroatoms. The first-order chi connectivity index (χ1) is 10.9. The molecule has 2 heterocycles. The van der Waals surface area contributed by atoms with Crippen LogP contribution in [0.5, 0.6) is 0 Å². The minimum atomic E-state index is -0.933. The van der Waals surface area contributed by atoms with Crippen LogP contribution in [0, 0.1) is 10.1 Å². The van der Waals surface area contributed by atoms with E-state index in [-0.39, 0.29) is 33.7 Å². The highest BCUT2D eigenvalue weighted by molar-refractivity contribution is 9.10. The summed E-state index contributed by atoms with van der Waals surface area (Å²) in [6.45, 7) is 0. The van der Waals surface area contributed by atoms with E-state index in [4.69, 9.17) is 4.74 Å². The van der Waals surface area contributed by atoms with E-state index >= 15 is 0 Å². The molecule has 2 aliphatic rings. The van der Waals surface area contributed by atoms with Crippen LogP contribution >= 0.6 is 15.9 Å². The lowest BCUT2D eigenvalue weighted by Crippen LogP contribution is -2.59. The number of halogens is 1. The zero-order valence-electron chi connectivity index (χ0n) is 11.5. The molecule has 0 N–H and O–H groups in total. The number of non-ortho nitro benzene ring substituents is 1. The number of benzene rings is 1. The van der Waals surface area contributed by atoms with Crippen LogP contribution in [0.1, 0.15) is 16.8 Å². The number of esters is 2. The standard InChI is InChI=1S/C14H9BrN2O6/c15-11-9-5-6-10(16(9)12(11)18)14(20)23-13(19)7-1-3-8(4-2-7)17(21)22/h1-4,6,9,11H,5H2/t9-,11-/m1/s1. The Hall–Kier alpha value is -2.55. The lowest BCUT2D eigenvalue weighted by atomic mass is 10.0. The van der Waals surface area contributed by atoms with Gasteiger partial charge in [-0.15, -0.1) is 0 Å². The zero-order valence-corrected chi connectivity index (χ0v) is 13.1. The van der Waals surface area contributed by atoms with Gasteiger partial charge in [0, 0.05) is 12.1 Å². The van der Waals surface area contributed by atoms with Crippen LogP contribution in [0.3, 0.4) is 0 Å². The largest absolute Gasteiger partial charge is 0.385 e. The smallest absolute Gasteiger partial charge is 0.362 e. The molecule has 0 spiro atoms. The summed E-state index contributed by atoms with van der Waals surface area (Å²) in [5.41, 5.74) is -0.123. The van der Waals surface area contributed by atoms with Gasteiger partial charge in [-0.2, -0.15) is 0 Å². The fourth-order valence-electron chi connectivity index (χ4n) is 2.46. The highest BCUT2D eigenvalue weighted by atomic mass is 79.9. The first kappa shape index (κ1) is 15.3. The fourth-order valence-corrected chi connectivity index (χ4v) is 3.13. The van der Waals surface area contributed by atoms with E-state index in [1.165, 1.54) is 17.0 Å². The van der Waals surface area contributed by atoms with Crippen molar-refractivity contribution >= 4 is 39.5 Å².